The second-order valence-corrected chi connectivity index (χ2v) is 7.40. The van der Waals surface area contributed by atoms with Crippen LogP contribution in [0.1, 0.15) is 50.9 Å². The fourth-order valence-electron chi connectivity index (χ4n) is 2.98. The van der Waals surface area contributed by atoms with Crippen molar-refractivity contribution >= 4 is 44.5 Å². The number of ether oxygens (including phenoxy) is 1. The second kappa shape index (κ2) is 10.4. The van der Waals surface area contributed by atoms with E-state index in [0.29, 0.717) is 29.8 Å². The van der Waals surface area contributed by atoms with Crippen molar-refractivity contribution < 1.29 is 14.3 Å². The molecule has 2 aromatic heterocycles. The lowest BCUT2D eigenvalue weighted by Crippen LogP contribution is -2.42. The highest BCUT2D eigenvalue weighted by Gasteiger charge is 2.24. The number of carbonyl (C=O) groups excluding carboxylic acids is 2. The zero-order valence-electron chi connectivity index (χ0n) is 16.8. The minimum absolute atomic E-state index is 0.0133. The van der Waals surface area contributed by atoms with E-state index in [1.807, 2.05) is 24.8 Å². The van der Waals surface area contributed by atoms with Gasteiger partial charge in [-0.05, 0) is 48.7 Å². The van der Waals surface area contributed by atoms with E-state index in [0.717, 1.165) is 17.3 Å². The summed E-state index contributed by atoms with van der Waals surface area (Å²) in [6.07, 6.45) is 4.88. The number of hydrogen-bond acceptors (Lipinski definition) is 6. The van der Waals surface area contributed by atoms with Crippen molar-refractivity contribution in [1.82, 2.24) is 14.9 Å². The van der Waals surface area contributed by atoms with E-state index < -0.39 is 12.0 Å². The SMILES string of the molecule is CCCN(CCC)C(=O)C(C)Nc1c(C(=O)OCC)cnc2cc(Br)cnc12. The number of fused-ring (bicyclic) bond motifs is 1. The number of carbonyl (C=O) groups is 2. The van der Waals surface area contributed by atoms with Crippen LogP contribution in [0.4, 0.5) is 5.69 Å². The lowest BCUT2D eigenvalue weighted by atomic mass is 10.1. The Morgan fingerprint density at radius 1 is 1.18 bits per heavy atom. The van der Waals surface area contributed by atoms with Crippen LogP contribution in [0.5, 0.6) is 0 Å². The molecular weight excluding hydrogens is 424 g/mol. The summed E-state index contributed by atoms with van der Waals surface area (Å²) in [5, 5.41) is 3.20. The Bertz CT molecular complexity index is 838. The van der Waals surface area contributed by atoms with Gasteiger partial charge in [-0.3, -0.25) is 14.8 Å². The van der Waals surface area contributed by atoms with E-state index in [2.05, 4.69) is 31.2 Å². The zero-order valence-corrected chi connectivity index (χ0v) is 18.4. The fourth-order valence-corrected chi connectivity index (χ4v) is 3.30. The van der Waals surface area contributed by atoms with Gasteiger partial charge >= 0.3 is 5.97 Å². The normalized spacial score (nSPS) is 11.9. The number of anilines is 1. The number of amides is 1. The van der Waals surface area contributed by atoms with Gasteiger partial charge in [0.1, 0.15) is 17.1 Å². The molecule has 2 aromatic rings. The lowest BCUT2D eigenvalue weighted by molar-refractivity contribution is -0.131. The average molecular weight is 451 g/mol. The van der Waals surface area contributed by atoms with Crippen LogP contribution >= 0.6 is 15.9 Å². The minimum atomic E-state index is -0.526. The van der Waals surface area contributed by atoms with E-state index in [-0.39, 0.29) is 18.1 Å². The van der Waals surface area contributed by atoms with Crippen LogP contribution in [0.25, 0.3) is 11.0 Å². The van der Waals surface area contributed by atoms with Crippen molar-refractivity contribution in [1.29, 1.82) is 0 Å². The number of nitrogens with one attached hydrogen (secondary N) is 1. The van der Waals surface area contributed by atoms with Crippen LogP contribution in [-0.2, 0) is 9.53 Å². The summed E-state index contributed by atoms with van der Waals surface area (Å²) in [6, 6.07) is 1.29. The third-order valence-corrected chi connectivity index (χ3v) is 4.63. The second-order valence-electron chi connectivity index (χ2n) is 6.48. The summed E-state index contributed by atoms with van der Waals surface area (Å²) in [7, 11) is 0. The first-order valence-electron chi connectivity index (χ1n) is 9.59. The Morgan fingerprint density at radius 2 is 1.86 bits per heavy atom. The van der Waals surface area contributed by atoms with E-state index >= 15 is 0 Å². The summed E-state index contributed by atoms with van der Waals surface area (Å²) in [4.78, 5) is 35.9. The number of rotatable bonds is 9. The van der Waals surface area contributed by atoms with Crippen LogP contribution in [0.15, 0.2) is 22.9 Å². The summed E-state index contributed by atoms with van der Waals surface area (Å²) in [5.74, 6) is -0.511. The largest absolute Gasteiger partial charge is 0.462 e. The predicted octanol–water partition coefficient (Wildman–Crippen LogP) is 4.02. The molecule has 28 heavy (non-hydrogen) atoms. The van der Waals surface area contributed by atoms with Crippen molar-refractivity contribution in [2.45, 2.75) is 46.6 Å². The molecule has 0 bridgehead atoms. The van der Waals surface area contributed by atoms with Crippen LogP contribution in [0.2, 0.25) is 0 Å². The molecule has 0 saturated heterocycles. The molecule has 0 fully saturated rings. The van der Waals surface area contributed by atoms with Crippen molar-refractivity contribution in [3.63, 3.8) is 0 Å². The average Bonchev–Trinajstić information content (AvgIpc) is 2.67. The third-order valence-electron chi connectivity index (χ3n) is 4.20. The first-order valence-corrected chi connectivity index (χ1v) is 10.4. The molecule has 2 rings (SSSR count). The molecule has 152 valence electrons. The van der Waals surface area contributed by atoms with Crippen LogP contribution in [-0.4, -0.2) is 52.5 Å². The number of esters is 1. The van der Waals surface area contributed by atoms with E-state index in [1.54, 1.807) is 20.0 Å². The molecule has 1 unspecified atom stereocenters. The maximum absolute atomic E-state index is 12.9. The van der Waals surface area contributed by atoms with E-state index in [4.69, 9.17) is 4.74 Å². The van der Waals surface area contributed by atoms with Gasteiger partial charge in [0.25, 0.3) is 0 Å². The standard InChI is InChI=1S/C20H27BrN4O3/c1-5-8-25(9-6-2)19(26)13(4)24-17-15(20(27)28-7-3)12-22-16-10-14(21)11-23-18(16)17/h10-13H,5-9H2,1-4H3,(H,22,24). The van der Waals surface area contributed by atoms with E-state index in [1.165, 1.54) is 6.20 Å². The Kier molecular flexibility index (Phi) is 8.17. The maximum atomic E-state index is 12.9. The molecule has 0 aliphatic heterocycles. The van der Waals surface area contributed by atoms with E-state index in [9.17, 15) is 9.59 Å². The number of halogens is 1. The molecular formula is C20H27BrN4O3. The summed E-state index contributed by atoms with van der Waals surface area (Å²) >= 11 is 3.38. The molecule has 0 radical (unpaired) electrons. The van der Waals surface area contributed by atoms with Gasteiger partial charge in [0, 0.05) is 30.0 Å². The number of pyridine rings is 2. The van der Waals surface area contributed by atoms with Crippen LogP contribution in [0.3, 0.4) is 0 Å². The molecule has 1 atom stereocenters. The molecule has 1 amide bonds. The minimum Gasteiger partial charge on any atom is -0.462 e. The molecule has 0 aromatic carbocycles. The van der Waals surface area contributed by atoms with Gasteiger partial charge in [0.05, 0.1) is 17.8 Å². The molecule has 2 heterocycles. The van der Waals surface area contributed by atoms with Crippen molar-refractivity contribution in [3.8, 4) is 0 Å². The molecule has 0 aliphatic rings. The highest BCUT2D eigenvalue weighted by atomic mass is 79.9. The van der Waals surface area contributed by atoms with Gasteiger partial charge in [-0.15, -0.1) is 0 Å². The number of aromatic nitrogens is 2. The van der Waals surface area contributed by atoms with Gasteiger partial charge in [-0.25, -0.2) is 4.79 Å². The summed E-state index contributed by atoms with van der Waals surface area (Å²) in [5.41, 5.74) is 1.86. The summed E-state index contributed by atoms with van der Waals surface area (Å²) < 4.78 is 5.94. The van der Waals surface area contributed by atoms with Gasteiger partial charge < -0.3 is 15.0 Å². The zero-order chi connectivity index (χ0) is 20.7. The molecule has 0 spiro atoms. The van der Waals surface area contributed by atoms with Crippen LogP contribution < -0.4 is 5.32 Å². The highest BCUT2D eigenvalue weighted by molar-refractivity contribution is 9.10. The smallest absolute Gasteiger partial charge is 0.341 e. The van der Waals surface area contributed by atoms with Gasteiger partial charge in [-0.2, -0.15) is 0 Å². The quantitative estimate of drug-likeness (QED) is 0.580. The van der Waals surface area contributed by atoms with Crippen LogP contribution in [0, 0.1) is 0 Å². The van der Waals surface area contributed by atoms with Crippen molar-refractivity contribution in [2.75, 3.05) is 25.0 Å². The Labute approximate surface area is 174 Å². The topological polar surface area (TPSA) is 84.4 Å². The molecule has 7 nitrogen and oxygen atoms in total. The third kappa shape index (κ3) is 5.19. The van der Waals surface area contributed by atoms with Gasteiger partial charge in [0.2, 0.25) is 5.91 Å². The first-order chi connectivity index (χ1) is 13.4. The molecule has 0 saturated carbocycles. The number of nitrogens with zero attached hydrogens (tertiary/aromatic N) is 3. The monoisotopic (exact) mass is 450 g/mol. The maximum Gasteiger partial charge on any atom is 0.341 e. The molecule has 0 aliphatic carbocycles. The molecule has 1 N–H and O–H groups in total. The molecule has 8 heteroatoms. The van der Waals surface area contributed by atoms with Crippen molar-refractivity contribution in [2.24, 2.45) is 0 Å². The summed E-state index contributed by atoms with van der Waals surface area (Å²) in [6.45, 7) is 9.28. The number of hydrogen-bond donors (Lipinski definition) is 1. The Morgan fingerprint density at radius 3 is 2.46 bits per heavy atom. The predicted molar refractivity (Wildman–Crippen MR) is 113 cm³/mol. The van der Waals surface area contributed by atoms with Gasteiger partial charge in [0.15, 0.2) is 0 Å². The van der Waals surface area contributed by atoms with Crippen molar-refractivity contribution in [3.05, 3.63) is 28.5 Å². The van der Waals surface area contributed by atoms with Gasteiger partial charge in [-0.1, -0.05) is 13.8 Å². The highest BCUT2D eigenvalue weighted by Crippen LogP contribution is 2.27. The lowest BCUT2D eigenvalue weighted by Gasteiger charge is -2.26. The fraction of sp³-hybridized carbons (Fsp3) is 0.500. The first kappa shape index (κ1) is 22.1. The Hall–Kier alpha value is -2.22. The Balaban J connectivity index is 2.43.